The number of nitrogens with zero attached hydrogens (tertiary/aromatic N) is 3. The molecule has 27 heavy (non-hydrogen) atoms. The van der Waals surface area contributed by atoms with E-state index in [1.54, 1.807) is 0 Å². The summed E-state index contributed by atoms with van der Waals surface area (Å²) in [5, 5.41) is 9.48. The summed E-state index contributed by atoms with van der Waals surface area (Å²) < 4.78 is 5.11. The van der Waals surface area contributed by atoms with Crippen molar-refractivity contribution >= 4 is 11.9 Å². The lowest BCUT2D eigenvalue weighted by Gasteiger charge is -2.37. The summed E-state index contributed by atoms with van der Waals surface area (Å²) in [6.45, 7) is 7.80. The molecule has 1 unspecified atom stereocenters. The fourth-order valence-corrected chi connectivity index (χ4v) is 3.88. The molecule has 1 atom stereocenters. The number of carbonyl (C=O) groups excluding carboxylic acids is 2. The van der Waals surface area contributed by atoms with Gasteiger partial charge in [0.1, 0.15) is 5.76 Å². The zero-order chi connectivity index (χ0) is 19.2. The van der Waals surface area contributed by atoms with E-state index in [0.717, 1.165) is 69.9 Å². The average Bonchev–Trinajstić information content (AvgIpc) is 3.07. The highest BCUT2D eigenvalue weighted by molar-refractivity contribution is 5.96. The Bertz CT molecular complexity index is 633. The van der Waals surface area contributed by atoms with E-state index in [4.69, 9.17) is 4.52 Å². The van der Waals surface area contributed by atoms with Gasteiger partial charge in [0.2, 0.25) is 5.91 Å². The van der Waals surface area contributed by atoms with Gasteiger partial charge in [0, 0.05) is 44.8 Å². The van der Waals surface area contributed by atoms with Crippen LogP contribution in [0.2, 0.25) is 0 Å². The van der Waals surface area contributed by atoms with E-state index >= 15 is 0 Å². The van der Waals surface area contributed by atoms with Gasteiger partial charge >= 0.3 is 6.03 Å². The molecule has 0 radical (unpaired) electrons. The Balaban J connectivity index is 1.39. The molecule has 1 aromatic rings. The highest BCUT2D eigenvalue weighted by atomic mass is 16.5. The number of carbonyl (C=O) groups is 2. The predicted molar refractivity (Wildman–Crippen MR) is 101 cm³/mol. The smallest absolute Gasteiger partial charge is 0.321 e. The monoisotopic (exact) mass is 377 g/mol. The molecular formula is C19H31N5O3. The third-order valence-corrected chi connectivity index (χ3v) is 5.57. The molecule has 8 nitrogen and oxygen atoms in total. The summed E-state index contributed by atoms with van der Waals surface area (Å²) in [6.07, 6.45) is 5.54. The van der Waals surface area contributed by atoms with Crippen molar-refractivity contribution in [3.05, 3.63) is 17.5 Å². The highest BCUT2D eigenvalue weighted by Gasteiger charge is 2.27. The van der Waals surface area contributed by atoms with Crippen LogP contribution in [-0.4, -0.2) is 65.2 Å². The molecule has 0 spiro atoms. The van der Waals surface area contributed by atoms with E-state index in [9.17, 15) is 9.59 Å². The number of hydrogen-bond donors (Lipinski definition) is 2. The number of amides is 3. The van der Waals surface area contributed by atoms with E-state index in [2.05, 4.69) is 25.6 Å². The van der Waals surface area contributed by atoms with E-state index in [1.807, 2.05) is 19.9 Å². The van der Waals surface area contributed by atoms with Crippen molar-refractivity contribution in [2.45, 2.75) is 64.6 Å². The first-order valence-electron chi connectivity index (χ1n) is 10.0. The second kappa shape index (κ2) is 9.32. The molecule has 1 aliphatic heterocycles. The molecule has 0 bridgehead atoms. The van der Waals surface area contributed by atoms with Gasteiger partial charge in [-0.25, -0.2) is 4.79 Å². The molecular weight excluding hydrogens is 346 g/mol. The van der Waals surface area contributed by atoms with Crippen molar-refractivity contribution in [1.29, 1.82) is 0 Å². The Morgan fingerprint density at radius 2 is 1.93 bits per heavy atom. The molecule has 2 N–H and O–H groups in total. The van der Waals surface area contributed by atoms with E-state index < -0.39 is 0 Å². The summed E-state index contributed by atoms with van der Waals surface area (Å²) in [4.78, 5) is 28.9. The molecule has 1 saturated carbocycles. The zero-order valence-electron chi connectivity index (χ0n) is 16.4. The van der Waals surface area contributed by atoms with Gasteiger partial charge in [-0.15, -0.1) is 0 Å². The van der Waals surface area contributed by atoms with Gasteiger partial charge in [0.15, 0.2) is 0 Å². The highest BCUT2D eigenvalue weighted by Crippen LogP contribution is 2.17. The molecule has 1 aromatic heterocycles. The zero-order valence-corrected chi connectivity index (χ0v) is 16.4. The van der Waals surface area contributed by atoms with Crippen LogP contribution < -0.4 is 10.6 Å². The Labute approximate surface area is 160 Å². The maximum atomic E-state index is 12.4. The van der Waals surface area contributed by atoms with Crippen LogP contribution in [0.3, 0.4) is 0 Å². The second-order valence-electron chi connectivity index (χ2n) is 7.71. The molecule has 1 saturated heterocycles. The van der Waals surface area contributed by atoms with Gasteiger partial charge < -0.3 is 9.84 Å². The number of piperazine rings is 1. The normalized spacial score (nSPS) is 21.0. The lowest BCUT2D eigenvalue weighted by Crippen LogP contribution is -2.55. The Kier molecular flexibility index (Phi) is 6.84. The van der Waals surface area contributed by atoms with Crippen LogP contribution in [0.1, 0.15) is 50.5 Å². The lowest BCUT2D eigenvalue weighted by molar-refractivity contribution is -0.125. The van der Waals surface area contributed by atoms with Crippen molar-refractivity contribution in [2.24, 2.45) is 0 Å². The molecule has 3 rings (SSSR count). The van der Waals surface area contributed by atoms with Crippen molar-refractivity contribution in [3.63, 3.8) is 0 Å². The third-order valence-electron chi connectivity index (χ3n) is 5.57. The molecule has 150 valence electrons. The Hall–Kier alpha value is -1.93. The lowest BCUT2D eigenvalue weighted by atomic mass is 9.96. The molecule has 0 aromatic carbocycles. The first kappa shape index (κ1) is 19.8. The van der Waals surface area contributed by atoms with Crippen LogP contribution in [0.25, 0.3) is 0 Å². The van der Waals surface area contributed by atoms with Crippen LogP contribution in [0.15, 0.2) is 10.6 Å². The molecule has 8 heteroatoms. The fourth-order valence-electron chi connectivity index (χ4n) is 3.88. The first-order chi connectivity index (χ1) is 13.0. The third kappa shape index (κ3) is 5.77. The maximum Gasteiger partial charge on any atom is 0.321 e. The van der Waals surface area contributed by atoms with Gasteiger partial charge in [-0.1, -0.05) is 24.4 Å². The number of urea groups is 1. The number of hydrogen-bond acceptors (Lipinski definition) is 6. The number of nitrogens with one attached hydrogen (secondary N) is 2. The van der Waals surface area contributed by atoms with Crippen LogP contribution in [-0.2, 0) is 11.3 Å². The minimum absolute atomic E-state index is 0.200. The van der Waals surface area contributed by atoms with Crippen molar-refractivity contribution in [1.82, 2.24) is 25.6 Å². The van der Waals surface area contributed by atoms with Gasteiger partial charge in [-0.2, -0.15) is 0 Å². The van der Waals surface area contributed by atoms with Gasteiger partial charge in [0.05, 0.1) is 11.7 Å². The van der Waals surface area contributed by atoms with Crippen molar-refractivity contribution < 1.29 is 14.1 Å². The summed E-state index contributed by atoms with van der Waals surface area (Å²) >= 11 is 0. The average molecular weight is 377 g/mol. The molecule has 2 aliphatic rings. The topological polar surface area (TPSA) is 90.7 Å². The van der Waals surface area contributed by atoms with Crippen LogP contribution >= 0.6 is 0 Å². The fraction of sp³-hybridized carbons (Fsp3) is 0.737. The quantitative estimate of drug-likeness (QED) is 0.811. The van der Waals surface area contributed by atoms with Gasteiger partial charge in [-0.3, -0.25) is 19.9 Å². The van der Waals surface area contributed by atoms with Crippen LogP contribution in [0, 0.1) is 6.92 Å². The summed E-state index contributed by atoms with van der Waals surface area (Å²) in [6, 6.07) is 1.47. The molecule has 2 fully saturated rings. The Morgan fingerprint density at radius 3 is 2.56 bits per heavy atom. The second-order valence-corrected chi connectivity index (χ2v) is 7.71. The van der Waals surface area contributed by atoms with Gasteiger partial charge in [-0.05, 0) is 26.7 Å². The minimum Gasteiger partial charge on any atom is -0.361 e. The molecule has 1 aliphatic carbocycles. The first-order valence-corrected chi connectivity index (χ1v) is 10.0. The number of imide groups is 1. The van der Waals surface area contributed by atoms with Crippen LogP contribution in [0.5, 0.6) is 0 Å². The van der Waals surface area contributed by atoms with E-state index in [1.165, 1.54) is 6.42 Å². The van der Waals surface area contributed by atoms with Crippen molar-refractivity contribution in [3.8, 4) is 0 Å². The Morgan fingerprint density at radius 1 is 1.22 bits per heavy atom. The number of rotatable bonds is 5. The summed E-state index contributed by atoms with van der Waals surface area (Å²) in [5.41, 5.74) is 0.936. The molecule has 2 heterocycles. The van der Waals surface area contributed by atoms with E-state index in [0.29, 0.717) is 0 Å². The maximum absolute atomic E-state index is 12.4. The van der Waals surface area contributed by atoms with Gasteiger partial charge in [0.25, 0.3) is 0 Å². The van der Waals surface area contributed by atoms with E-state index in [-0.39, 0.29) is 24.0 Å². The summed E-state index contributed by atoms with van der Waals surface area (Å²) in [7, 11) is 0. The molecule has 3 amide bonds. The van der Waals surface area contributed by atoms with Crippen LogP contribution in [0.4, 0.5) is 4.79 Å². The summed E-state index contributed by atoms with van der Waals surface area (Å²) in [5.74, 6) is 0.587. The largest absolute Gasteiger partial charge is 0.361 e. The SMILES string of the molecule is Cc1cc(CN2CCN(C(C)C(=O)NC(=O)NC3CCCCC3)CC2)no1. The van der Waals surface area contributed by atoms with Crippen molar-refractivity contribution in [2.75, 3.05) is 26.2 Å². The predicted octanol–water partition coefficient (Wildman–Crippen LogP) is 1.65. The minimum atomic E-state index is -0.362. The number of aromatic nitrogens is 1. The number of aryl methyl sites for hydroxylation is 1. The standard InChI is InChI=1S/C19H31N5O3/c1-14-12-17(22-27-14)13-23-8-10-24(11-9-23)15(2)18(25)21-19(26)20-16-6-4-3-5-7-16/h12,15-16H,3-11,13H2,1-2H3,(H2,20,21,25,26).